The second-order valence-corrected chi connectivity index (χ2v) is 6.99. The normalized spacial score (nSPS) is 23.6. The first-order valence-electron chi connectivity index (χ1n) is 6.83. The third-order valence-electron chi connectivity index (χ3n) is 3.40. The van der Waals surface area contributed by atoms with Crippen molar-refractivity contribution >= 4 is 38.4 Å². The summed E-state index contributed by atoms with van der Waals surface area (Å²) in [7, 11) is 0. The van der Waals surface area contributed by atoms with Crippen LogP contribution in [0.4, 0.5) is 0 Å². The van der Waals surface area contributed by atoms with Gasteiger partial charge in [-0.25, -0.2) is 4.98 Å². The van der Waals surface area contributed by atoms with Gasteiger partial charge >= 0.3 is 0 Å². The summed E-state index contributed by atoms with van der Waals surface area (Å²) in [6.07, 6.45) is 0.732. The van der Waals surface area contributed by atoms with Gasteiger partial charge in [-0.1, -0.05) is 0 Å². The number of hydrogen-bond donors (Lipinski definition) is 1. The van der Waals surface area contributed by atoms with Crippen molar-refractivity contribution in [1.82, 2.24) is 4.98 Å². The lowest BCUT2D eigenvalue weighted by atomic mass is 10.3. The Balaban J connectivity index is 1.59. The van der Waals surface area contributed by atoms with Crippen LogP contribution in [-0.2, 0) is 9.47 Å². The SMILES string of the molecule is Oc1ccc2nc(C3=NC(C4OCCCO4)CS3)sc2c1. The molecule has 1 aromatic heterocycles. The summed E-state index contributed by atoms with van der Waals surface area (Å²) < 4.78 is 12.2. The maximum Gasteiger partial charge on any atom is 0.180 e. The molecule has 0 spiro atoms. The van der Waals surface area contributed by atoms with Crippen molar-refractivity contribution in [3.8, 4) is 5.75 Å². The topological polar surface area (TPSA) is 63.9 Å². The molecular weight excluding hydrogens is 308 g/mol. The van der Waals surface area contributed by atoms with E-state index in [1.807, 2.05) is 6.07 Å². The van der Waals surface area contributed by atoms with E-state index in [9.17, 15) is 5.11 Å². The van der Waals surface area contributed by atoms with Crippen molar-refractivity contribution in [2.45, 2.75) is 18.8 Å². The molecule has 0 radical (unpaired) electrons. The molecule has 1 atom stereocenters. The highest BCUT2D eigenvalue weighted by molar-refractivity contribution is 8.15. The summed E-state index contributed by atoms with van der Waals surface area (Å²) >= 11 is 3.25. The maximum absolute atomic E-state index is 9.53. The first-order valence-corrected chi connectivity index (χ1v) is 8.63. The second kappa shape index (κ2) is 5.57. The molecule has 2 aliphatic rings. The van der Waals surface area contributed by atoms with Crippen LogP contribution in [-0.4, -0.2) is 46.4 Å². The van der Waals surface area contributed by atoms with Crippen molar-refractivity contribution in [3.05, 3.63) is 23.2 Å². The predicted molar refractivity (Wildman–Crippen MR) is 84.4 cm³/mol. The van der Waals surface area contributed by atoms with E-state index in [0.29, 0.717) is 0 Å². The molecule has 1 N–H and O–H groups in total. The van der Waals surface area contributed by atoms with E-state index in [1.165, 1.54) is 0 Å². The van der Waals surface area contributed by atoms with Crippen LogP contribution in [0, 0.1) is 0 Å². The fourth-order valence-electron chi connectivity index (χ4n) is 2.38. The highest BCUT2D eigenvalue weighted by Crippen LogP contribution is 2.32. The fraction of sp³-hybridized carbons (Fsp3) is 0.429. The van der Waals surface area contributed by atoms with Gasteiger partial charge in [-0.05, 0) is 24.6 Å². The van der Waals surface area contributed by atoms with E-state index < -0.39 is 0 Å². The Morgan fingerprint density at radius 2 is 2.10 bits per heavy atom. The molecule has 110 valence electrons. The van der Waals surface area contributed by atoms with Gasteiger partial charge in [0.25, 0.3) is 0 Å². The number of benzene rings is 1. The van der Waals surface area contributed by atoms with Gasteiger partial charge in [-0.2, -0.15) is 0 Å². The summed E-state index contributed by atoms with van der Waals surface area (Å²) in [5.41, 5.74) is 0.893. The van der Waals surface area contributed by atoms with Crippen molar-refractivity contribution in [2.24, 2.45) is 4.99 Å². The summed E-state index contributed by atoms with van der Waals surface area (Å²) in [5.74, 6) is 1.13. The number of thiazole rings is 1. The zero-order chi connectivity index (χ0) is 14.2. The molecule has 2 aromatic rings. The standard InChI is InChI=1S/C14H14N2O3S2/c17-8-2-3-9-11(6-8)21-13(15-9)12-16-10(7-20-12)14-18-4-1-5-19-14/h2-3,6,10,14,17H,1,4-5,7H2. The molecule has 4 rings (SSSR count). The van der Waals surface area contributed by atoms with Crippen LogP contribution in [0.2, 0.25) is 0 Å². The molecule has 7 heteroatoms. The lowest BCUT2D eigenvalue weighted by molar-refractivity contribution is -0.184. The second-order valence-electron chi connectivity index (χ2n) is 4.95. The smallest absolute Gasteiger partial charge is 0.180 e. The Morgan fingerprint density at radius 3 is 2.95 bits per heavy atom. The Bertz CT molecular complexity index is 695. The zero-order valence-corrected chi connectivity index (χ0v) is 12.8. The average molecular weight is 322 g/mol. The van der Waals surface area contributed by atoms with Gasteiger partial charge in [0.05, 0.1) is 23.4 Å². The minimum Gasteiger partial charge on any atom is -0.508 e. The molecule has 3 heterocycles. The predicted octanol–water partition coefficient (Wildman–Crippen LogP) is 2.63. The number of aromatic nitrogens is 1. The lowest BCUT2D eigenvalue weighted by Crippen LogP contribution is -2.35. The summed E-state index contributed by atoms with van der Waals surface area (Å²) in [6, 6.07) is 5.27. The maximum atomic E-state index is 9.53. The minimum atomic E-state index is -0.220. The molecule has 1 saturated heterocycles. The first kappa shape index (κ1) is 13.5. The van der Waals surface area contributed by atoms with Crippen LogP contribution < -0.4 is 0 Å². The number of phenolic OH excluding ortho intramolecular Hbond substituents is 1. The van der Waals surface area contributed by atoms with Gasteiger partial charge in [0.1, 0.15) is 21.8 Å². The largest absolute Gasteiger partial charge is 0.508 e. The van der Waals surface area contributed by atoms with Gasteiger partial charge in [-0.3, -0.25) is 4.99 Å². The number of aromatic hydroxyl groups is 1. The van der Waals surface area contributed by atoms with Crippen LogP contribution in [0.5, 0.6) is 5.75 Å². The van der Waals surface area contributed by atoms with E-state index >= 15 is 0 Å². The molecule has 0 saturated carbocycles. The Kier molecular flexibility index (Phi) is 3.58. The molecule has 5 nitrogen and oxygen atoms in total. The number of thioether (sulfide) groups is 1. The zero-order valence-electron chi connectivity index (χ0n) is 11.2. The number of nitrogens with zero attached hydrogens (tertiary/aromatic N) is 2. The van der Waals surface area contributed by atoms with Crippen LogP contribution in [0.25, 0.3) is 10.2 Å². The van der Waals surface area contributed by atoms with E-state index in [4.69, 9.17) is 14.5 Å². The van der Waals surface area contributed by atoms with E-state index in [-0.39, 0.29) is 18.1 Å². The summed E-state index contributed by atoms with van der Waals surface area (Å²) in [4.78, 5) is 9.30. The number of rotatable bonds is 2. The molecule has 0 bridgehead atoms. The minimum absolute atomic E-state index is 0.0470. The quantitative estimate of drug-likeness (QED) is 0.921. The van der Waals surface area contributed by atoms with Gasteiger partial charge < -0.3 is 14.6 Å². The van der Waals surface area contributed by atoms with Crippen molar-refractivity contribution in [2.75, 3.05) is 19.0 Å². The monoisotopic (exact) mass is 322 g/mol. The number of ether oxygens (including phenoxy) is 2. The molecule has 0 aliphatic carbocycles. The van der Waals surface area contributed by atoms with Gasteiger partial charge in [0.2, 0.25) is 0 Å². The third-order valence-corrected chi connectivity index (χ3v) is 5.63. The lowest BCUT2D eigenvalue weighted by Gasteiger charge is -2.25. The van der Waals surface area contributed by atoms with Crippen LogP contribution in [0.3, 0.4) is 0 Å². The molecule has 1 aromatic carbocycles. The van der Waals surface area contributed by atoms with E-state index in [0.717, 1.165) is 45.7 Å². The Morgan fingerprint density at radius 1 is 1.24 bits per heavy atom. The molecule has 1 unspecified atom stereocenters. The highest BCUT2D eigenvalue weighted by atomic mass is 32.2. The number of hydrogen-bond acceptors (Lipinski definition) is 7. The van der Waals surface area contributed by atoms with Crippen molar-refractivity contribution in [3.63, 3.8) is 0 Å². The number of aliphatic imine (C=N–C) groups is 1. The fourth-order valence-corrected chi connectivity index (χ4v) is 4.51. The van der Waals surface area contributed by atoms with Crippen LogP contribution >= 0.6 is 23.1 Å². The van der Waals surface area contributed by atoms with Crippen molar-refractivity contribution in [1.29, 1.82) is 0 Å². The van der Waals surface area contributed by atoms with Crippen LogP contribution in [0.15, 0.2) is 23.2 Å². The first-order chi connectivity index (χ1) is 10.3. The Labute approximate surface area is 130 Å². The highest BCUT2D eigenvalue weighted by Gasteiger charge is 2.31. The molecular formula is C14H14N2O3S2. The summed E-state index contributed by atoms with van der Waals surface area (Å²) in [6.45, 7) is 1.49. The molecule has 1 fully saturated rings. The average Bonchev–Trinajstić information content (AvgIpc) is 3.14. The van der Waals surface area contributed by atoms with Crippen LogP contribution in [0.1, 0.15) is 11.4 Å². The Hall–Kier alpha value is -1.15. The van der Waals surface area contributed by atoms with Crippen molar-refractivity contribution < 1.29 is 14.6 Å². The van der Waals surface area contributed by atoms with Gasteiger partial charge in [0.15, 0.2) is 6.29 Å². The molecule has 0 amide bonds. The van der Waals surface area contributed by atoms with Gasteiger partial charge in [-0.15, -0.1) is 23.1 Å². The number of fused-ring (bicyclic) bond motifs is 1. The number of phenols is 1. The van der Waals surface area contributed by atoms with E-state index in [2.05, 4.69) is 4.98 Å². The van der Waals surface area contributed by atoms with E-state index in [1.54, 1.807) is 35.2 Å². The third kappa shape index (κ3) is 2.66. The summed E-state index contributed by atoms with van der Waals surface area (Å²) in [5, 5.41) is 11.4. The molecule has 2 aliphatic heterocycles. The van der Waals surface area contributed by atoms with Gasteiger partial charge in [0, 0.05) is 5.75 Å². The molecule has 21 heavy (non-hydrogen) atoms.